The summed E-state index contributed by atoms with van der Waals surface area (Å²) in [6.45, 7) is 1.51. The highest BCUT2D eigenvalue weighted by Crippen LogP contribution is 2.30. The van der Waals surface area contributed by atoms with E-state index in [0.29, 0.717) is 16.6 Å². The summed E-state index contributed by atoms with van der Waals surface area (Å²) in [4.78, 5) is 26.0. The number of aromatic amines is 1. The lowest BCUT2D eigenvalue weighted by Gasteiger charge is -2.13. The van der Waals surface area contributed by atoms with E-state index < -0.39 is 20.9 Å². The van der Waals surface area contributed by atoms with E-state index in [2.05, 4.69) is 15.0 Å². The summed E-state index contributed by atoms with van der Waals surface area (Å²) in [5.41, 5.74) is 1.31. The highest BCUT2D eigenvalue weighted by molar-refractivity contribution is 7.92. The minimum atomic E-state index is -3.49. The minimum absolute atomic E-state index is 0.0959. The van der Waals surface area contributed by atoms with Crippen molar-refractivity contribution in [1.82, 2.24) is 4.98 Å². The summed E-state index contributed by atoms with van der Waals surface area (Å²) in [7, 11) is -2.11. The number of carbonyl (C=O) groups excluding carboxylic acids is 1. The fraction of sp³-hybridized carbons (Fsp3) is 0.167. The third-order valence-electron chi connectivity index (χ3n) is 4.23. The molecule has 0 aliphatic heterocycles. The van der Waals surface area contributed by atoms with Crippen LogP contribution in [0.25, 0.3) is 10.9 Å². The predicted octanol–water partition coefficient (Wildman–Crippen LogP) is 3.10. The monoisotopic (exact) mass is 418 g/mol. The number of anilines is 2. The van der Waals surface area contributed by atoms with Gasteiger partial charge in [-0.2, -0.15) is 0 Å². The van der Waals surface area contributed by atoms with Crippen molar-refractivity contribution < 1.29 is 22.9 Å². The van der Waals surface area contributed by atoms with Crippen LogP contribution in [0.5, 0.6) is 5.75 Å². The van der Waals surface area contributed by atoms with Gasteiger partial charge in [-0.15, -0.1) is 0 Å². The molecule has 0 saturated heterocycles. The Kier molecular flexibility index (Phi) is 5.41. The van der Waals surface area contributed by atoms with Crippen molar-refractivity contribution >= 4 is 43.9 Å². The van der Waals surface area contributed by atoms with Gasteiger partial charge < -0.3 is 15.0 Å². The molecule has 1 heterocycles. The Balaban J connectivity index is 1.88. The van der Waals surface area contributed by atoms with Crippen LogP contribution in [0.15, 0.2) is 42.6 Å². The van der Waals surface area contributed by atoms with Crippen molar-refractivity contribution in [3.63, 3.8) is 0 Å². The Morgan fingerprint density at radius 3 is 2.66 bits per heavy atom. The number of ether oxygens (including phenoxy) is 1. The number of nitro benzene ring substituents is 1. The second kappa shape index (κ2) is 7.80. The first-order chi connectivity index (χ1) is 13.7. The molecule has 0 atom stereocenters. The van der Waals surface area contributed by atoms with Crippen LogP contribution in [0.4, 0.5) is 17.1 Å². The van der Waals surface area contributed by atoms with Gasteiger partial charge in [0.15, 0.2) is 0 Å². The van der Waals surface area contributed by atoms with Crippen LogP contribution in [0.3, 0.4) is 0 Å². The van der Waals surface area contributed by atoms with Gasteiger partial charge in [0.05, 0.1) is 29.0 Å². The second-order valence-electron chi connectivity index (χ2n) is 6.06. The Morgan fingerprint density at radius 1 is 1.24 bits per heavy atom. The number of nitrogens with zero attached hydrogens (tertiary/aromatic N) is 1. The van der Waals surface area contributed by atoms with Crippen LogP contribution in [0.1, 0.15) is 17.3 Å². The molecule has 0 radical (unpaired) electrons. The molecular weight excluding hydrogens is 400 g/mol. The van der Waals surface area contributed by atoms with Gasteiger partial charge in [0.1, 0.15) is 5.75 Å². The number of nitrogens with one attached hydrogen (secondary N) is 3. The molecular formula is C18H18N4O6S. The molecule has 3 rings (SSSR count). The second-order valence-corrected chi connectivity index (χ2v) is 8.07. The summed E-state index contributed by atoms with van der Waals surface area (Å²) in [5, 5.41) is 14.1. The molecule has 2 aromatic carbocycles. The fourth-order valence-corrected chi connectivity index (χ4v) is 3.35. The van der Waals surface area contributed by atoms with Crippen molar-refractivity contribution in [2.24, 2.45) is 0 Å². The molecule has 29 heavy (non-hydrogen) atoms. The van der Waals surface area contributed by atoms with Crippen LogP contribution in [0, 0.1) is 10.1 Å². The lowest BCUT2D eigenvalue weighted by Crippen LogP contribution is -2.16. The molecule has 1 amide bonds. The standard InChI is InChI=1S/C18H18N4O6S/c1-3-29(26,27)21-16-6-4-11(8-17(16)28-2)20-18(23)14-10-19-15-7-5-12(22(24)25)9-13(14)15/h4-10,19,21H,3H2,1-2H3,(H,20,23). The average Bonchev–Trinajstić information content (AvgIpc) is 3.12. The van der Waals surface area contributed by atoms with Crippen molar-refractivity contribution in [3.8, 4) is 5.75 Å². The van der Waals surface area contributed by atoms with Crippen molar-refractivity contribution in [2.75, 3.05) is 22.9 Å². The Bertz CT molecular complexity index is 1200. The number of carbonyl (C=O) groups is 1. The first kappa shape index (κ1) is 20.1. The van der Waals surface area contributed by atoms with Gasteiger partial charge in [-0.1, -0.05) is 0 Å². The summed E-state index contributed by atoms with van der Waals surface area (Å²) < 4.78 is 31.1. The zero-order valence-corrected chi connectivity index (χ0v) is 16.4. The maximum absolute atomic E-state index is 12.7. The number of hydrogen-bond donors (Lipinski definition) is 3. The number of rotatable bonds is 7. The van der Waals surface area contributed by atoms with Gasteiger partial charge in [-0.3, -0.25) is 19.6 Å². The number of benzene rings is 2. The number of aromatic nitrogens is 1. The van der Waals surface area contributed by atoms with Gasteiger partial charge in [0.2, 0.25) is 10.0 Å². The molecule has 10 nitrogen and oxygen atoms in total. The van der Waals surface area contributed by atoms with E-state index in [9.17, 15) is 23.3 Å². The molecule has 3 aromatic rings. The Morgan fingerprint density at radius 2 is 2.00 bits per heavy atom. The van der Waals surface area contributed by atoms with Gasteiger partial charge in [0, 0.05) is 41.0 Å². The number of fused-ring (bicyclic) bond motifs is 1. The third-order valence-corrected chi connectivity index (χ3v) is 5.52. The Labute approximate surface area is 166 Å². The van der Waals surface area contributed by atoms with E-state index in [-0.39, 0.29) is 28.4 Å². The molecule has 0 fully saturated rings. The van der Waals surface area contributed by atoms with Crippen molar-refractivity contribution in [2.45, 2.75) is 6.92 Å². The van der Waals surface area contributed by atoms with Gasteiger partial charge >= 0.3 is 0 Å². The fourth-order valence-electron chi connectivity index (χ4n) is 2.70. The van der Waals surface area contributed by atoms with Crippen molar-refractivity contribution in [1.29, 1.82) is 0 Å². The van der Waals surface area contributed by atoms with E-state index in [1.807, 2.05) is 0 Å². The molecule has 11 heteroatoms. The van der Waals surface area contributed by atoms with Crippen LogP contribution in [-0.4, -0.2) is 37.1 Å². The highest BCUT2D eigenvalue weighted by atomic mass is 32.2. The summed E-state index contributed by atoms with van der Waals surface area (Å²) >= 11 is 0. The molecule has 0 aliphatic rings. The lowest BCUT2D eigenvalue weighted by atomic mass is 10.1. The number of hydrogen-bond acceptors (Lipinski definition) is 6. The molecule has 0 spiro atoms. The minimum Gasteiger partial charge on any atom is -0.494 e. The molecule has 0 bridgehead atoms. The lowest BCUT2D eigenvalue weighted by molar-refractivity contribution is -0.384. The summed E-state index contributed by atoms with van der Waals surface area (Å²) in [6.07, 6.45) is 1.46. The number of non-ortho nitro benzene ring substituents is 1. The molecule has 152 valence electrons. The maximum atomic E-state index is 12.7. The topological polar surface area (TPSA) is 143 Å². The van der Waals surface area contributed by atoms with E-state index in [0.717, 1.165) is 0 Å². The van der Waals surface area contributed by atoms with Crippen LogP contribution >= 0.6 is 0 Å². The van der Waals surface area contributed by atoms with Gasteiger partial charge in [0.25, 0.3) is 11.6 Å². The number of amides is 1. The van der Waals surface area contributed by atoms with Crippen LogP contribution < -0.4 is 14.8 Å². The van der Waals surface area contributed by atoms with E-state index >= 15 is 0 Å². The van der Waals surface area contributed by atoms with Gasteiger partial charge in [-0.25, -0.2) is 8.42 Å². The SMILES string of the molecule is CCS(=O)(=O)Nc1ccc(NC(=O)c2c[nH]c3ccc([N+](=O)[O-])cc23)cc1OC. The normalized spacial score (nSPS) is 11.2. The van der Waals surface area contributed by atoms with E-state index in [4.69, 9.17) is 4.74 Å². The van der Waals surface area contributed by atoms with E-state index in [1.165, 1.54) is 56.6 Å². The largest absolute Gasteiger partial charge is 0.494 e. The number of nitro groups is 1. The number of sulfonamides is 1. The van der Waals surface area contributed by atoms with Crippen LogP contribution in [0.2, 0.25) is 0 Å². The first-order valence-electron chi connectivity index (χ1n) is 8.49. The molecule has 1 aromatic heterocycles. The zero-order chi connectivity index (χ0) is 21.2. The summed E-state index contributed by atoms with van der Waals surface area (Å²) in [6, 6.07) is 8.67. The number of methoxy groups -OCH3 is 1. The zero-order valence-electron chi connectivity index (χ0n) is 15.6. The Hall–Kier alpha value is -3.60. The quantitative estimate of drug-likeness (QED) is 0.397. The molecule has 0 saturated carbocycles. The first-order valence-corrected chi connectivity index (χ1v) is 10.1. The average molecular weight is 418 g/mol. The third kappa shape index (κ3) is 4.29. The molecule has 0 aliphatic carbocycles. The smallest absolute Gasteiger partial charge is 0.270 e. The maximum Gasteiger partial charge on any atom is 0.270 e. The molecule has 0 unspecified atom stereocenters. The van der Waals surface area contributed by atoms with Crippen LogP contribution in [-0.2, 0) is 10.0 Å². The van der Waals surface area contributed by atoms with Gasteiger partial charge in [-0.05, 0) is 25.1 Å². The number of H-pyrrole nitrogens is 1. The predicted molar refractivity (Wildman–Crippen MR) is 109 cm³/mol. The van der Waals surface area contributed by atoms with E-state index in [1.54, 1.807) is 0 Å². The summed E-state index contributed by atoms with van der Waals surface area (Å²) in [5.74, 6) is -0.350. The highest BCUT2D eigenvalue weighted by Gasteiger charge is 2.17. The van der Waals surface area contributed by atoms with Crippen molar-refractivity contribution in [3.05, 3.63) is 58.3 Å². The molecule has 3 N–H and O–H groups in total.